The molecule has 0 radical (unpaired) electrons. The van der Waals surface area contributed by atoms with Gasteiger partial charge in [-0.05, 0) is 37.4 Å². The topological polar surface area (TPSA) is 58.2 Å². The molecule has 0 aliphatic heterocycles. The van der Waals surface area contributed by atoms with Crippen molar-refractivity contribution < 1.29 is 9.59 Å². The number of benzene rings is 1. The first-order valence-corrected chi connectivity index (χ1v) is 8.03. The first-order valence-electron chi connectivity index (χ1n) is 5.85. The molecule has 0 bridgehead atoms. The lowest BCUT2D eigenvalue weighted by molar-refractivity contribution is -0.120. The van der Waals surface area contributed by atoms with E-state index in [4.69, 9.17) is 0 Å². The monoisotopic (exact) mass is 344 g/mol. The highest BCUT2D eigenvalue weighted by Gasteiger charge is 2.09. The van der Waals surface area contributed by atoms with Gasteiger partial charge in [0.1, 0.15) is 0 Å². The summed E-state index contributed by atoms with van der Waals surface area (Å²) in [6.45, 7) is 1.93. The minimum Gasteiger partial charge on any atom is -0.351 e. The summed E-state index contributed by atoms with van der Waals surface area (Å²) in [7, 11) is 0. The van der Waals surface area contributed by atoms with E-state index in [9.17, 15) is 9.59 Å². The van der Waals surface area contributed by atoms with E-state index >= 15 is 0 Å². The van der Waals surface area contributed by atoms with Gasteiger partial charge in [-0.3, -0.25) is 9.59 Å². The Balaban J connectivity index is 2.37. The Hall–Kier alpha value is -1.01. The predicted octanol–water partition coefficient (Wildman–Crippen LogP) is 2.05. The Labute approximate surface area is 125 Å². The number of thioether (sulfide) groups is 1. The SMILES string of the molecule is CSCC(C)NC(=O)CNC(=O)c1ccc(Br)cc1. The van der Waals surface area contributed by atoms with Crippen LogP contribution < -0.4 is 10.6 Å². The Morgan fingerprint density at radius 1 is 1.32 bits per heavy atom. The van der Waals surface area contributed by atoms with E-state index in [0.29, 0.717) is 5.56 Å². The van der Waals surface area contributed by atoms with Crippen LogP contribution in [0.3, 0.4) is 0 Å². The van der Waals surface area contributed by atoms with Gasteiger partial charge in [0.05, 0.1) is 6.54 Å². The molecule has 0 fully saturated rings. The van der Waals surface area contributed by atoms with Gasteiger partial charge in [0.15, 0.2) is 0 Å². The lowest BCUT2D eigenvalue weighted by Crippen LogP contribution is -2.41. The van der Waals surface area contributed by atoms with E-state index in [0.717, 1.165) is 10.2 Å². The van der Waals surface area contributed by atoms with E-state index in [1.54, 1.807) is 36.0 Å². The van der Waals surface area contributed by atoms with Crippen molar-refractivity contribution in [3.05, 3.63) is 34.3 Å². The standard InChI is InChI=1S/C13H17BrN2O2S/c1-9(8-19-2)16-12(17)7-15-13(18)10-3-5-11(14)6-4-10/h3-6,9H,7-8H2,1-2H3,(H,15,18)(H,16,17). The van der Waals surface area contributed by atoms with Crippen molar-refractivity contribution in [2.75, 3.05) is 18.6 Å². The second-order valence-corrected chi connectivity index (χ2v) is 5.94. The smallest absolute Gasteiger partial charge is 0.251 e. The van der Waals surface area contributed by atoms with Crippen molar-refractivity contribution in [3.8, 4) is 0 Å². The highest BCUT2D eigenvalue weighted by Crippen LogP contribution is 2.10. The molecule has 104 valence electrons. The maximum Gasteiger partial charge on any atom is 0.251 e. The summed E-state index contributed by atoms with van der Waals surface area (Å²) in [4.78, 5) is 23.3. The van der Waals surface area contributed by atoms with Gasteiger partial charge in [0.2, 0.25) is 5.91 Å². The summed E-state index contributed by atoms with van der Waals surface area (Å²) in [5.74, 6) is 0.430. The molecule has 0 aliphatic carbocycles. The molecule has 0 spiro atoms. The summed E-state index contributed by atoms with van der Waals surface area (Å²) >= 11 is 4.97. The Morgan fingerprint density at radius 2 is 1.95 bits per heavy atom. The van der Waals surface area contributed by atoms with Crippen LogP contribution in [-0.2, 0) is 4.79 Å². The zero-order valence-corrected chi connectivity index (χ0v) is 13.3. The summed E-state index contributed by atoms with van der Waals surface area (Å²) in [5.41, 5.74) is 0.535. The van der Waals surface area contributed by atoms with E-state index in [1.807, 2.05) is 13.2 Å². The Kier molecular flexibility index (Phi) is 6.94. The summed E-state index contributed by atoms with van der Waals surface area (Å²) in [6, 6.07) is 7.08. The molecule has 2 amide bonds. The van der Waals surface area contributed by atoms with Crippen LogP contribution in [0.1, 0.15) is 17.3 Å². The van der Waals surface area contributed by atoms with Gasteiger partial charge >= 0.3 is 0 Å². The van der Waals surface area contributed by atoms with Crippen molar-refractivity contribution in [2.24, 2.45) is 0 Å². The van der Waals surface area contributed by atoms with Crippen LogP contribution in [0.15, 0.2) is 28.7 Å². The number of hydrogen-bond acceptors (Lipinski definition) is 3. The second kappa shape index (κ2) is 8.22. The molecule has 1 unspecified atom stereocenters. The largest absolute Gasteiger partial charge is 0.351 e. The highest BCUT2D eigenvalue weighted by atomic mass is 79.9. The van der Waals surface area contributed by atoms with Crippen LogP contribution in [0.2, 0.25) is 0 Å². The van der Waals surface area contributed by atoms with E-state index in [2.05, 4.69) is 26.6 Å². The van der Waals surface area contributed by atoms with Crippen LogP contribution in [0.4, 0.5) is 0 Å². The minimum absolute atomic E-state index is 0.00633. The maximum atomic E-state index is 11.8. The average molecular weight is 345 g/mol. The van der Waals surface area contributed by atoms with Gasteiger partial charge in [-0.15, -0.1) is 0 Å². The van der Waals surface area contributed by atoms with Gasteiger partial charge in [0.25, 0.3) is 5.91 Å². The molecular weight excluding hydrogens is 328 g/mol. The summed E-state index contributed by atoms with van der Waals surface area (Å²) in [5, 5.41) is 5.41. The second-order valence-electron chi connectivity index (χ2n) is 4.11. The van der Waals surface area contributed by atoms with Gasteiger partial charge in [-0.2, -0.15) is 11.8 Å². The van der Waals surface area contributed by atoms with Crippen molar-refractivity contribution in [1.29, 1.82) is 0 Å². The van der Waals surface area contributed by atoms with Crippen molar-refractivity contribution in [2.45, 2.75) is 13.0 Å². The lowest BCUT2D eigenvalue weighted by atomic mass is 10.2. The van der Waals surface area contributed by atoms with Crippen molar-refractivity contribution in [3.63, 3.8) is 0 Å². The summed E-state index contributed by atoms with van der Waals surface area (Å²) < 4.78 is 0.910. The zero-order chi connectivity index (χ0) is 14.3. The Morgan fingerprint density at radius 3 is 2.53 bits per heavy atom. The molecule has 6 heteroatoms. The first kappa shape index (κ1) is 16.0. The van der Waals surface area contributed by atoms with E-state index < -0.39 is 0 Å². The van der Waals surface area contributed by atoms with E-state index in [-0.39, 0.29) is 24.4 Å². The molecular formula is C13H17BrN2O2S. The first-order chi connectivity index (χ1) is 9.02. The minimum atomic E-state index is -0.250. The average Bonchev–Trinajstić information content (AvgIpc) is 2.37. The van der Waals surface area contributed by atoms with Crippen LogP contribution in [0.5, 0.6) is 0 Å². The number of hydrogen-bond donors (Lipinski definition) is 2. The number of carbonyl (C=O) groups is 2. The molecule has 0 saturated heterocycles. The highest BCUT2D eigenvalue weighted by molar-refractivity contribution is 9.10. The van der Waals surface area contributed by atoms with Gasteiger partial charge in [-0.1, -0.05) is 15.9 Å². The van der Waals surface area contributed by atoms with Gasteiger partial charge in [0, 0.05) is 21.8 Å². The number of rotatable bonds is 6. The number of nitrogens with one attached hydrogen (secondary N) is 2. The van der Waals surface area contributed by atoms with Crippen molar-refractivity contribution >= 4 is 39.5 Å². The third-order valence-corrected chi connectivity index (χ3v) is 3.70. The molecule has 0 aliphatic rings. The van der Waals surface area contributed by atoms with Crippen LogP contribution >= 0.6 is 27.7 Å². The van der Waals surface area contributed by atoms with Gasteiger partial charge in [-0.25, -0.2) is 0 Å². The molecule has 1 aromatic carbocycles. The van der Waals surface area contributed by atoms with E-state index in [1.165, 1.54) is 0 Å². The maximum absolute atomic E-state index is 11.8. The molecule has 4 nitrogen and oxygen atoms in total. The Bertz CT molecular complexity index is 437. The van der Waals surface area contributed by atoms with Crippen LogP contribution in [-0.4, -0.2) is 36.4 Å². The molecule has 1 rings (SSSR count). The number of amides is 2. The number of halogens is 1. The fourth-order valence-electron chi connectivity index (χ4n) is 1.48. The van der Waals surface area contributed by atoms with Crippen LogP contribution in [0.25, 0.3) is 0 Å². The normalized spacial score (nSPS) is 11.7. The quantitative estimate of drug-likeness (QED) is 0.830. The third kappa shape index (κ3) is 6.11. The molecule has 1 atom stereocenters. The molecule has 2 N–H and O–H groups in total. The van der Waals surface area contributed by atoms with Crippen LogP contribution in [0, 0.1) is 0 Å². The third-order valence-electron chi connectivity index (χ3n) is 2.34. The molecule has 0 saturated carbocycles. The zero-order valence-electron chi connectivity index (χ0n) is 10.9. The fourth-order valence-corrected chi connectivity index (χ4v) is 2.33. The molecule has 0 aromatic heterocycles. The lowest BCUT2D eigenvalue weighted by Gasteiger charge is -2.12. The molecule has 1 aromatic rings. The molecule has 0 heterocycles. The summed E-state index contributed by atoms with van der Waals surface area (Å²) in [6.07, 6.45) is 1.98. The predicted molar refractivity (Wildman–Crippen MR) is 82.5 cm³/mol. The number of carbonyl (C=O) groups excluding carboxylic acids is 2. The van der Waals surface area contributed by atoms with Crippen molar-refractivity contribution in [1.82, 2.24) is 10.6 Å². The fraction of sp³-hybridized carbons (Fsp3) is 0.385. The van der Waals surface area contributed by atoms with Gasteiger partial charge < -0.3 is 10.6 Å². The molecule has 19 heavy (non-hydrogen) atoms.